The fourth-order valence-electron chi connectivity index (χ4n) is 2.96. The van der Waals surface area contributed by atoms with Crippen molar-refractivity contribution in [3.8, 4) is 22.1 Å². The molecule has 0 saturated heterocycles. The monoisotopic (exact) mass is 439 g/mol. The van der Waals surface area contributed by atoms with Crippen LogP contribution in [0.5, 0.6) is 11.5 Å². The number of aromatic nitrogens is 1. The van der Waals surface area contributed by atoms with E-state index in [0.29, 0.717) is 44.9 Å². The molecule has 31 heavy (non-hydrogen) atoms. The molecule has 3 aromatic rings. The van der Waals surface area contributed by atoms with Gasteiger partial charge < -0.3 is 20.1 Å². The van der Waals surface area contributed by atoms with Crippen molar-refractivity contribution in [3.05, 3.63) is 52.5 Å². The summed E-state index contributed by atoms with van der Waals surface area (Å²) in [7, 11) is 3.16. The maximum absolute atomic E-state index is 13.0. The lowest BCUT2D eigenvalue weighted by Gasteiger charge is -2.11. The summed E-state index contributed by atoms with van der Waals surface area (Å²) in [5.74, 6) is 0.895. The van der Waals surface area contributed by atoms with Crippen LogP contribution in [0.2, 0.25) is 0 Å². The Morgan fingerprint density at radius 3 is 2.42 bits per heavy atom. The number of methoxy groups -OCH3 is 2. The van der Waals surface area contributed by atoms with Crippen LogP contribution in [0, 0.1) is 13.8 Å². The largest absolute Gasteiger partial charge is 0.493 e. The van der Waals surface area contributed by atoms with Gasteiger partial charge in [-0.1, -0.05) is 13.0 Å². The maximum Gasteiger partial charge on any atom is 0.267 e. The van der Waals surface area contributed by atoms with E-state index < -0.39 is 0 Å². The van der Waals surface area contributed by atoms with Gasteiger partial charge in [0.15, 0.2) is 11.5 Å². The van der Waals surface area contributed by atoms with Crippen LogP contribution in [0.4, 0.5) is 11.4 Å². The zero-order chi connectivity index (χ0) is 22.5. The molecule has 0 saturated carbocycles. The van der Waals surface area contributed by atoms with Crippen LogP contribution < -0.4 is 20.1 Å². The first-order chi connectivity index (χ1) is 14.9. The fourth-order valence-corrected chi connectivity index (χ4v) is 3.92. The van der Waals surface area contributed by atoms with E-state index in [1.807, 2.05) is 37.3 Å². The molecule has 2 amide bonds. The Balaban J connectivity index is 1.85. The smallest absolute Gasteiger partial charge is 0.267 e. The van der Waals surface area contributed by atoms with E-state index >= 15 is 0 Å². The van der Waals surface area contributed by atoms with Gasteiger partial charge in [0.1, 0.15) is 9.88 Å². The zero-order valence-corrected chi connectivity index (χ0v) is 19.0. The molecule has 162 valence electrons. The summed E-state index contributed by atoms with van der Waals surface area (Å²) >= 11 is 1.31. The number of hydrogen-bond donors (Lipinski definition) is 2. The van der Waals surface area contributed by atoms with Crippen molar-refractivity contribution in [1.29, 1.82) is 0 Å². The van der Waals surface area contributed by atoms with Gasteiger partial charge in [0.05, 0.1) is 19.9 Å². The Labute approximate surface area is 185 Å². The normalized spacial score (nSPS) is 10.5. The number of nitrogens with one attached hydrogen (secondary N) is 2. The quantitative estimate of drug-likeness (QED) is 0.538. The first kappa shape index (κ1) is 22.3. The predicted octanol–water partition coefficient (Wildman–Crippen LogP) is 5.04. The average Bonchev–Trinajstić information content (AvgIpc) is 3.17. The summed E-state index contributed by atoms with van der Waals surface area (Å²) in [6.45, 7) is 5.49. The molecule has 0 fully saturated rings. The topological polar surface area (TPSA) is 89.6 Å². The number of anilines is 2. The van der Waals surface area contributed by atoms with Crippen molar-refractivity contribution in [3.63, 3.8) is 0 Å². The van der Waals surface area contributed by atoms with Gasteiger partial charge in [-0.25, -0.2) is 4.98 Å². The van der Waals surface area contributed by atoms with Gasteiger partial charge in [-0.2, -0.15) is 0 Å². The van der Waals surface area contributed by atoms with E-state index in [-0.39, 0.29) is 11.8 Å². The molecule has 0 aliphatic heterocycles. The van der Waals surface area contributed by atoms with Gasteiger partial charge in [0.25, 0.3) is 5.91 Å². The maximum atomic E-state index is 13.0. The van der Waals surface area contributed by atoms with E-state index in [9.17, 15) is 9.59 Å². The van der Waals surface area contributed by atoms with Crippen molar-refractivity contribution in [1.82, 2.24) is 4.98 Å². The van der Waals surface area contributed by atoms with E-state index in [0.717, 1.165) is 11.1 Å². The van der Waals surface area contributed by atoms with E-state index in [4.69, 9.17) is 9.47 Å². The average molecular weight is 440 g/mol. The highest BCUT2D eigenvalue weighted by molar-refractivity contribution is 7.17. The Kier molecular flexibility index (Phi) is 6.91. The molecule has 0 unspecified atom stereocenters. The van der Waals surface area contributed by atoms with Crippen molar-refractivity contribution in [2.75, 3.05) is 24.9 Å². The van der Waals surface area contributed by atoms with E-state index in [1.54, 1.807) is 34.1 Å². The summed E-state index contributed by atoms with van der Waals surface area (Å²) in [6.07, 6.45) is 0.383. The van der Waals surface area contributed by atoms with Gasteiger partial charge in [-0.05, 0) is 49.7 Å². The van der Waals surface area contributed by atoms with Crippen LogP contribution in [0.3, 0.4) is 0 Å². The third-order valence-corrected chi connectivity index (χ3v) is 5.93. The minimum atomic E-state index is -0.246. The van der Waals surface area contributed by atoms with Gasteiger partial charge in [0, 0.05) is 23.4 Å². The third kappa shape index (κ3) is 5.03. The molecule has 0 radical (unpaired) electrons. The molecular formula is C23H25N3O4S. The van der Waals surface area contributed by atoms with Crippen LogP contribution in [-0.2, 0) is 4.79 Å². The molecule has 1 heterocycles. The number of rotatable bonds is 7. The van der Waals surface area contributed by atoms with Crippen molar-refractivity contribution >= 4 is 34.5 Å². The van der Waals surface area contributed by atoms with Crippen LogP contribution >= 0.6 is 11.3 Å². The highest BCUT2D eigenvalue weighted by Crippen LogP contribution is 2.35. The molecule has 0 spiro atoms. The molecule has 7 nitrogen and oxygen atoms in total. The highest BCUT2D eigenvalue weighted by atomic mass is 32.1. The van der Waals surface area contributed by atoms with E-state index in [1.165, 1.54) is 11.3 Å². The number of amides is 2. The number of nitrogens with zero attached hydrogens (tertiary/aromatic N) is 1. The summed E-state index contributed by atoms with van der Waals surface area (Å²) in [4.78, 5) is 29.7. The lowest BCUT2D eigenvalue weighted by Crippen LogP contribution is -2.14. The second kappa shape index (κ2) is 9.61. The number of ether oxygens (including phenoxy) is 2. The Morgan fingerprint density at radius 2 is 1.74 bits per heavy atom. The first-order valence-electron chi connectivity index (χ1n) is 9.78. The van der Waals surface area contributed by atoms with Gasteiger partial charge >= 0.3 is 0 Å². The number of carbonyl (C=O) groups is 2. The van der Waals surface area contributed by atoms with Crippen LogP contribution in [0.1, 0.15) is 34.3 Å². The molecule has 0 aliphatic rings. The summed E-state index contributed by atoms with van der Waals surface area (Å²) in [5.41, 5.74) is 3.65. The van der Waals surface area contributed by atoms with Gasteiger partial charge in [-0.3, -0.25) is 9.59 Å². The molecule has 1 aromatic heterocycles. The minimum absolute atomic E-state index is 0.0843. The van der Waals surface area contributed by atoms with Crippen molar-refractivity contribution < 1.29 is 19.1 Å². The van der Waals surface area contributed by atoms with Crippen LogP contribution in [-0.4, -0.2) is 31.0 Å². The molecular weight excluding hydrogens is 414 g/mol. The summed E-state index contributed by atoms with van der Waals surface area (Å²) in [5, 5.41) is 6.46. The molecule has 0 atom stereocenters. The Hall–Kier alpha value is -3.39. The van der Waals surface area contributed by atoms with Crippen LogP contribution in [0.25, 0.3) is 10.6 Å². The second-order valence-corrected chi connectivity index (χ2v) is 7.89. The van der Waals surface area contributed by atoms with Gasteiger partial charge in [-0.15, -0.1) is 11.3 Å². The van der Waals surface area contributed by atoms with Crippen molar-refractivity contribution in [2.45, 2.75) is 27.2 Å². The molecule has 2 aromatic carbocycles. The molecule has 8 heteroatoms. The standard InChI is InChI=1S/C23H25N3O4S/c1-6-20(27)25-16-9-7-13(2)17(12-16)26-22(28)21-14(3)24-23(31-21)15-8-10-18(29-4)19(11-15)30-5/h7-12H,6H2,1-5H3,(H,25,27)(H,26,28). The number of aryl methyl sites for hydroxylation is 2. The lowest BCUT2D eigenvalue weighted by atomic mass is 10.1. The van der Waals surface area contributed by atoms with Crippen LogP contribution in [0.15, 0.2) is 36.4 Å². The van der Waals surface area contributed by atoms with Crippen molar-refractivity contribution in [2.24, 2.45) is 0 Å². The Morgan fingerprint density at radius 1 is 1.00 bits per heavy atom. The predicted molar refractivity (Wildman–Crippen MR) is 123 cm³/mol. The first-order valence-corrected chi connectivity index (χ1v) is 10.6. The van der Waals surface area contributed by atoms with E-state index in [2.05, 4.69) is 15.6 Å². The number of carbonyl (C=O) groups excluding carboxylic acids is 2. The fraction of sp³-hybridized carbons (Fsp3) is 0.261. The molecule has 0 aliphatic carbocycles. The summed E-state index contributed by atoms with van der Waals surface area (Å²) in [6, 6.07) is 11.0. The third-order valence-electron chi connectivity index (χ3n) is 4.72. The molecule has 0 bridgehead atoms. The molecule has 2 N–H and O–H groups in total. The number of thiazole rings is 1. The van der Waals surface area contributed by atoms with Gasteiger partial charge in [0.2, 0.25) is 5.91 Å². The number of benzene rings is 2. The summed E-state index contributed by atoms with van der Waals surface area (Å²) < 4.78 is 10.6. The zero-order valence-electron chi connectivity index (χ0n) is 18.2. The highest BCUT2D eigenvalue weighted by Gasteiger charge is 2.18. The molecule has 3 rings (SSSR count). The Bertz CT molecular complexity index is 1120. The lowest BCUT2D eigenvalue weighted by molar-refractivity contribution is -0.115. The SMILES string of the molecule is CCC(=O)Nc1ccc(C)c(NC(=O)c2sc(-c3ccc(OC)c(OC)c3)nc2C)c1. The number of hydrogen-bond acceptors (Lipinski definition) is 6. The second-order valence-electron chi connectivity index (χ2n) is 6.89. The minimum Gasteiger partial charge on any atom is -0.493 e.